The third-order valence-electron chi connectivity index (χ3n) is 4.08. The summed E-state index contributed by atoms with van der Waals surface area (Å²) in [5.41, 5.74) is 2.34. The molecule has 2 N–H and O–H groups in total. The van der Waals surface area contributed by atoms with Gasteiger partial charge in [-0.2, -0.15) is 0 Å². The zero-order chi connectivity index (χ0) is 17.2. The molecule has 0 saturated heterocycles. The molecule has 0 aliphatic heterocycles. The number of anilines is 1. The zero-order valence-electron chi connectivity index (χ0n) is 13.2. The first kappa shape index (κ1) is 16.2. The second kappa shape index (κ2) is 6.89. The number of carbonyl (C=O) groups excluding carboxylic acids is 1. The van der Waals surface area contributed by atoms with Crippen molar-refractivity contribution in [2.24, 2.45) is 0 Å². The van der Waals surface area contributed by atoms with Crippen LogP contribution in [0.25, 0.3) is 22.6 Å². The SMILES string of the molecule is O=C(Nc1ccc2ncc(-c3csc(Cl)n3)nc2n1)NC1CCCC1. The Morgan fingerprint density at radius 1 is 1.16 bits per heavy atom. The summed E-state index contributed by atoms with van der Waals surface area (Å²) in [6.45, 7) is 0. The molecule has 0 spiro atoms. The molecule has 3 aromatic heterocycles. The van der Waals surface area contributed by atoms with Crippen molar-refractivity contribution >= 4 is 46.0 Å². The highest BCUT2D eigenvalue weighted by Gasteiger charge is 2.17. The fourth-order valence-electron chi connectivity index (χ4n) is 2.87. The van der Waals surface area contributed by atoms with Gasteiger partial charge >= 0.3 is 6.03 Å². The van der Waals surface area contributed by atoms with E-state index in [9.17, 15) is 4.79 Å². The lowest BCUT2D eigenvalue weighted by molar-refractivity contribution is 0.248. The lowest BCUT2D eigenvalue weighted by Crippen LogP contribution is -2.36. The number of carbonyl (C=O) groups is 1. The van der Waals surface area contributed by atoms with E-state index in [1.807, 2.05) is 5.38 Å². The molecule has 25 heavy (non-hydrogen) atoms. The maximum absolute atomic E-state index is 12.1. The van der Waals surface area contributed by atoms with Crippen LogP contribution in [0.15, 0.2) is 23.7 Å². The van der Waals surface area contributed by atoms with Gasteiger partial charge in [0.2, 0.25) is 0 Å². The van der Waals surface area contributed by atoms with E-state index < -0.39 is 0 Å². The molecule has 0 atom stereocenters. The van der Waals surface area contributed by atoms with Crippen molar-refractivity contribution in [3.63, 3.8) is 0 Å². The first-order chi connectivity index (χ1) is 12.2. The molecule has 128 valence electrons. The van der Waals surface area contributed by atoms with E-state index in [4.69, 9.17) is 11.6 Å². The average Bonchev–Trinajstić information content (AvgIpc) is 3.26. The van der Waals surface area contributed by atoms with E-state index in [1.165, 1.54) is 11.3 Å². The van der Waals surface area contributed by atoms with Crippen molar-refractivity contribution in [3.8, 4) is 11.4 Å². The number of aromatic nitrogens is 4. The van der Waals surface area contributed by atoms with Crippen molar-refractivity contribution < 1.29 is 4.79 Å². The number of hydrogen-bond donors (Lipinski definition) is 2. The normalized spacial score (nSPS) is 14.8. The molecule has 0 radical (unpaired) electrons. The van der Waals surface area contributed by atoms with Crippen LogP contribution >= 0.6 is 22.9 Å². The predicted molar refractivity (Wildman–Crippen MR) is 97.9 cm³/mol. The molecule has 0 bridgehead atoms. The quantitative estimate of drug-likeness (QED) is 0.726. The van der Waals surface area contributed by atoms with Gasteiger partial charge in [-0.05, 0) is 25.0 Å². The molecule has 3 aromatic rings. The number of urea groups is 1. The third-order valence-corrected chi connectivity index (χ3v) is 5.06. The standard InChI is InChI=1S/C16H15ClN6OS/c17-15-21-12(8-25-15)11-7-18-10-5-6-13(22-14(10)20-11)23-16(24)19-9-3-1-2-4-9/h5-9H,1-4H2,(H2,19,20,22,23,24). The average molecular weight is 375 g/mol. The summed E-state index contributed by atoms with van der Waals surface area (Å²) in [4.78, 5) is 29.5. The molecular weight excluding hydrogens is 360 g/mol. The van der Waals surface area contributed by atoms with E-state index >= 15 is 0 Å². The van der Waals surface area contributed by atoms with E-state index in [1.54, 1.807) is 18.3 Å². The Hall–Kier alpha value is -2.32. The Kier molecular flexibility index (Phi) is 4.46. The molecule has 9 heteroatoms. The van der Waals surface area contributed by atoms with Gasteiger partial charge in [0.25, 0.3) is 0 Å². The predicted octanol–water partition coefficient (Wildman–Crippen LogP) is 3.87. The fourth-order valence-corrected chi connectivity index (χ4v) is 3.63. The topological polar surface area (TPSA) is 92.7 Å². The van der Waals surface area contributed by atoms with Crippen LogP contribution in [0, 0.1) is 0 Å². The summed E-state index contributed by atoms with van der Waals surface area (Å²) in [6, 6.07) is 3.50. The summed E-state index contributed by atoms with van der Waals surface area (Å²) in [6.07, 6.45) is 6.03. The minimum absolute atomic E-state index is 0.242. The summed E-state index contributed by atoms with van der Waals surface area (Å²) in [7, 11) is 0. The Balaban J connectivity index is 1.54. The van der Waals surface area contributed by atoms with Crippen LogP contribution in [-0.4, -0.2) is 32.0 Å². The number of fused-ring (bicyclic) bond motifs is 1. The monoisotopic (exact) mass is 374 g/mol. The van der Waals surface area contributed by atoms with Gasteiger partial charge in [0.05, 0.1) is 6.20 Å². The van der Waals surface area contributed by atoms with Gasteiger partial charge in [-0.25, -0.2) is 19.7 Å². The number of pyridine rings is 1. The van der Waals surface area contributed by atoms with Crippen LogP contribution in [0.3, 0.4) is 0 Å². The maximum atomic E-state index is 12.1. The molecule has 3 heterocycles. The lowest BCUT2D eigenvalue weighted by atomic mass is 10.2. The molecule has 1 fully saturated rings. The van der Waals surface area contributed by atoms with Crippen molar-refractivity contribution in [1.29, 1.82) is 0 Å². The lowest BCUT2D eigenvalue weighted by Gasteiger charge is -2.12. The minimum atomic E-state index is -0.242. The summed E-state index contributed by atoms with van der Waals surface area (Å²) < 4.78 is 0.448. The Morgan fingerprint density at radius 3 is 2.76 bits per heavy atom. The van der Waals surface area contributed by atoms with Gasteiger partial charge in [-0.1, -0.05) is 24.4 Å². The van der Waals surface area contributed by atoms with E-state index in [0.717, 1.165) is 25.7 Å². The number of rotatable bonds is 3. The summed E-state index contributed by atoms with van der Waals surface area (Å²) >= 11 is 7.20. The third kappa shape index (κ3) is 3.69. The number of nitrogens with one attached hydrogen (secondary N) is 2. The second-order valence-corrected chi connectivity index (χ2v) is 7.30. The molecule has 1 aliphatic rings. The van der Waals surface area contributed by atoms with Crippen LogP contribution < -0.4 is 10.6 Å². The largest absolute Gasteiger partial charge is 0.335 e. The first-order valence-electron chi connectivity index (χ1n) is 8.00. The molecule has 1 aliphatic carbocycles. The smallest absolute Gasteiger partial charge is 0.320 e. The molecule has 1 saturated carbocycles. The van der Waals surface area contributed by atoms with Gasteiger partial charge < -0.3 is 5.32 Å². The molecule has 2 amide bonds. The molecule has 7 nitrogen and oxygen atoms in total. The van der Waals surface area contributed by atoms with E-state index in [0.29, 0.717) is 32.8 Å². The molecule has 0 unspecified atom stereocenters. The first-order valence-corrected chi connectivity index (χ1v) is 9.26. The molecule has 4 rings (SSSR count). The van der Waals surface area contributed by atoms with Crippen molar-refractivity contribution in [3.05, 3.63) is 28.2 Å². The van der Waals surface area contributed by atoms with Crippen LogP contribution in [0.5, 0.6) is 0 Å². The minimum Gasteiger partial charge on any atom is -0.335 e. The Bertz CT molecular complexity index is 924. The van der Waals surface area contributed by atoms with Crippen LogP contribution in [-0.2, 0) is 0 Å². The van der Waals surface area contributed by atoms with Gasteiger partial charge in [-0.3, -0.25) is 10.3 Å². The summed E-state index contributed by atoms with van der Waals surface area (Å²) in [5, 5.41) is 7.54. The number of thiazole rings is 1. The highest BCUT2D eigenvalue weighted by Crippen LogP contribution is 2.24. The van der Waals surface area contributed by atoms with Gasteiger partial charge in [0, 0.05) is 11.4 Å². The van der Waals surface area contributed by atoms with Crippen LogP contribution in [0.4, 0.5) is 10.6 Å². The van der Waals surface area contributed by atoms with Crippen LogP contribution in [0.2, 0.25) is 4.47 Å². The number of amides is 2. The highest BCUT2D eigenvalue weighted by atomic mass is 35.5. The van der Waals surface area contributed by atoms with Crippen molar-refractivity contribution in [1.82, 2.24) is 25.3 Å². The number of halogens is 1. The van der Waals surface area contributed by atoms with Gasteiger partial charge in [-0.15, -0.1) is 11.3 Å². The van der Waals surface area contributed by atoms with E-state index in [2.05, 4.69) is 30.6 Å². The Labute approximate surface area is 152 Å². The molecule has 0 aromatic carbocycles. The zero-order valence-corrected chi connectivity index (χ0v) is 14.8. The summed E-state index contributed by atoms with van der Waals surface area (Å²) in [5.74, 6) is 0.436. The maximum Gasteiger partial charge on any atom is 0.320 e. The van der Waals surface area contributed by atoms with Crippen LogP contribution in [0.1, 0.15) is 25.7 Å². The number of nitrogens with zero attached hydrogens (tertiary/aromatic N) is 4. The number of hydrogen-bond acceptors (Lipinski definition) is 6. The fraction of sp³-hybridized carbons (Fsp3) is 0.312. The van der Waals surface area contributed by atoms with Crippen molar-refractivity contribution in [2.75, 3.05) is 5.32 Å². The van der Waals surface area contributed by atoms with Gasteiger partial charge in [0.1, 0.15) is 22.7 Å². The highest BCUT2D eigenvalue weighted by molar-refractivity contribution is 7.14. The van der Waals surface area contributed by atoms with E-state index in [-0.39, 0.29) is 12.1 Å². The van der Waals surface area contributed by atoms with Gasteiger partial charge in [0.15, 0.2) is 10.1 Å². The Morgan fingerprint density at radius 2 is 2.00 bits per heavy atom. The molecular formula is C16H15ClN6OS. The second-order valence-electron chi connectivity index (χ2n) is 5.86. The van der Waals surface area contributed by atoms with Crippen molar-refractivity contribution in [2.45, 2.75) is 31.7 Å².